The average molecular weight is 337 g/mol. The van der Waals surface area contributed by atoms with Crippen molar-refractivity contribution in [2.24, 2.45) is 0 Å². The number of benzene rings is 2. The van der Waals surface area contributed by atoms with E-state index >= 15 is 0 Å². The van der Waals surface area contributed by atoms with Gasteiger partial charge in [0.2, 0.25) is 0 Å². The Bertz CT molecular complexity index is 775. The van der Waals surface area contributed by atoms with Crippen molar-refractivity contribution >= 4 is 17.4 Å². The lowest BCUT2D eigenvalue weighted by molar-refractivity contribution is -0.122. The minimum absolute atomic E-state index is 0.110. The zero-order valence-electron chi connectivity index (χ0n) is 12.9. The van der Waals surface area contributed by atoms with E-state index in [2.05, 4.69) is 5.32 Å². The number of ketones is 1. The molecule has 0 saturated carbocycles. The molecule has 24 heavy (non-hydrogen) atoms. The van der Waals surface area contributed by atoms with Crippen molar-refractivity contribution in [2.45, 2.75) is 20.0 Å². The van der Waals surface area contributed by atoms with Gasteiger partial charge in [-0.3, -0.25) is 9.59 Å². The minimum Gasteiger partial charge on any atom is -0.481 e. The second kappa shape index (κ2) is 7.16. The molecule has 0 spiro atoms. The first-order chi connectivity index (χ1) is 11.3. The van der Waals surface area contributed by atoms with Gasteiger partial charge < -0.3 is 10.1 Å². The second-order valence-corrected chi connectivity index (χ2v) is 5.05. The third kappa shape index (κ3) is 3.92. The molecule has 4 nitrogen and oxygen atoms in total. The number of anilines is 1. The summed E-state index contributed by atoms with van der Waals surface area (Å²) in [6, 6.07) is 7.73. The summed E-state index contributed by atoms with van der Waals surface area (Å²) in [5.41, 5.74) is 0.00425. The smallest absolute Gasteiger partial charge is 0.265 e. The average Bonchev–Trinajstić information content (AvgIpc) is 2.55. The third-order valence-electron chi connectivity index (χ3n) is 3.24. The SMILES string of the molecule is CC(=O)c1ccc(OC(C)C(=O)Nc2ccc(F)c(F)c2F)cc1. The Hall–Kier alpha value is -2.83. The van der Waals surface area contributed by atoms with Gasteiger partial charge in [-0.15, -0.1) is 0 Å². The van der Waals surface area contributed by atoms with Gasteiger partial charge in [0.1, 0.15) is 5.75 Å². The minimum atomic E-state index is -1.67. The van der Waals surface area contributed by atoms with Crippen molar-refractivity contribution in [3.8, 4) is 5.75 Å². The summed E-state index contributed by atoms with van der Waals surface area (Å²) in [4.78, 5) is 23.1. The van der Waals surface area contributed by atoms with Gasteiger partial charge in [0.15, 0.2) is 29.3 Å². The summed E-state index contributed by atoms with van der Waals surface area (Å²) in [6.45, 7) is 2.83. The van der Waals surface area contributed by atoms with Gasteiger partial charge in [-0.25, -0.2) is 13.2 Å². The molecule has 0 aliphatic rings. The van der Waals surface area contributed by atoms with Crippen LogP contribution in [0, 0.1) is 17.5 Å². The number of nitrogens with one attached hydrogen (secondary N) is 1. The molecule has 0 heterocycles. The van der Waals surface area contributed by atoms with Gasteiger partial charge in [0, 0.05) is 5.56 Å². The fourth-order valence-corrected chi connectivity index (χ4v) is 1.88. The fourth-order valence-electron chi connectivity index (χ4n) is 1.88. The molecular weight excluding hydrogens is 323 g/mol. The van der Waals surface area contributed by atoms with Crippen molar-refractivity contribution < 1.29 is 27.5 Å². The Morgan fingerprint density at radius 2 is 1.62 bits per heavy atom. The van der Waals surface area contributed by atoms with E-state index in [-0.39, 0.29) is 5.78 Å². The molecule has 2 aromatic carbocycles. The van der Waals surface area contributed by atoms with Gasteiger partial charge in [0.25, 0.3) is 5.91 Å². The van der Waals surface area contributed by atoms with Crippen LogP contribution >= 0.6 is 0 Å². The molecule has 7 heteroatoms. The molecule has 0 radical (unpaired) electrons. The summed E-state index contributed by atoms with van der Waals surface area (Å²) >= 11 is 0. The molecule has 126 valence electrons. The fraction of sp³-hybridized carbons (Fsp3) is 0.176. The van der Waals surface area contributed by atoms with Crippen LogP contribution < -0.4 is 10.1 Å². The highest BCUT2D eigenvalue weighted by Crippen LogP contribution is 2.20. The predicted octanol–water partition coefficient (Wildman–Crippen LogP) is 3.71. The van der Waals surface area contributed by atoms with Gasteiger partial charge >= 0.3 is 0 Å². The van der Waals surface area contributed by atoms with Gasteiger partial charge in [-0.2, -0.15) is 0 Å². The highest BCUT2D eigenvalue weighted by Gasteiger charge is 2.19. The van der Waals surface area contributed by atoms with E-state index in [4.69, 9.17) is 4.74 Å². The number of ether oxygens (including phenoxy) is 1. The zero-order chi connectivity index (χ0) is 17.9. The molecule has 0 bridgehead atoms. The Labute approximate surface area is 136 Å². The molecule has 2 aromatic rings. The lowest BCUT2D eigenvalue weighted by Crippen LogP contribution is -2.30. The molecule has 0 fully saturated rings. The maximum Gasteiger partial charge on any atom is 0.265 e. The molecule has 0 aliphatic heterocycles. The van der Waals surface area contributed by atoms with E-state index < -0.39 is 35.2 Å². The summed E-state index contributed by atoms with van der Waals surface area (Å²) in [7, 11) is 0. The molecule has 0 saturated heterocycles. The van der Waals surface area contributed by atoms with E-state index in [1.807, 2.05) is 0 Å². The van der Waals surface area contributed by atoms with Crippen molar-refractivity contribution in [3.05, 3.63) is 59.4 Å². The highest BCUT2D eigenvalue weighted by molar-refractivity contribution is 5.95. The van der Waals surface area contributed by atoms with Crippen molar-refractivity contribution in [2.75, 3.05) is 5.32 Å². The molecule has 1 atom stereocenters. The number of carbonyl (C=O) groups is 2. The standard InChI is InChI=1S/C17H14F3NO3/c1-9(22)11-3-5-12(6-4-11)24-10(2)17(23)21-14-8-7-13(18)15(19)16(14)20/h3-8,10H,1-2H3,(H,21,23). The number of Topliss-reactive ketones (excluding diaryl/α,β-unsaturated/α-hetero) is 1. The Balaban J connectivity index is 2.04. The second-order valence-electron chi connectivity index (χ2n) is 5.05. The summed E-state index contributed by atoms with van der Waals surface area (Å²) in [6.07, 6.45) is -1.03. The van der Waals surface area contributed by atoms with Crippen LogP contribution in [-0.4, -0.2) is 17.8 Å². The normalized spacial score (nSPS) is 11.7. The third-order valence-corrected chi connectivity index (χ3v) is 3.24. The summed E-state index contributed by atoms with van der Waals surface area (Å²) in [5.74, 6) is -5.02. The van der Waals surface area contributed by atoms with Crippen molar-refractivity contribution in [3.63, 3.8) is 0 Å². The highest BCUT2D eigenvalue weighted by atomic mass is 19.2. The molecule has 0 aliphatic carbocycles. The van der Waals surface area contributed by atoms with E-state index in [9.17, 15) is 22.8 Å². The number of halogens is 3. The Morgan fingerprint density at radius 3 is 2.21 bits per heavy atom. The van der Waals surface area contributed by atoms with E-state index in [1.165, 1.54) is 38.1 Å². The lowest BCUT2D eigenvalue weighted by Gasteiger charge is -2.15. The summed E-state index contributed by atoms with van der Waals surface area (Å²) < 4.78 is 44.9. The predicted molar refractivity (Wildman–Crippen MR) is 81.5 cm³/mol. The van der Waals surface area contributed by atoms with Crippen LogP contribution in [0.3, 0.4) is 0 Å². The van der Waals surface area contributed by atoms with Crippen molar-refractivity contribution in [1.29, 1.82) is 0 Å². The van der Waals surface area contributed by atoms with Crippen LogP contribution in [-0.2, 0) is 4.79 Å². The Kier molecular flexibility index (Phi) is 5.23. The topological polar surface area (TPSA) is 55.4 Å². The van der Waals surface area contributed by atoms with Gasteiger partial charge in [-0.1, -0.05) is 0 Å². The quantitative estimate of drug-likeness (QED) is 0.668. The van der Waals surface area contributed by atoms with Crippen LogP contribution in [0.2, 0.25) is 0 Å². The van der Waals surface area contributed by atoms with Gasteiger partial charge in [0.05, 0.1) is 5.69 Å². The van der Waals surface area contributed by atoms with E-state index in [0.717, 1.165) is 6.07 Å². The van der Waals surface area contributed by atoms with Crippen LogP contribution in [0.4, 0.5) is 18.9 Å². The monoisotopic (exact) mass is 337 g/mol. The number of amides is 1. The largest absolute Gasteiger partial charge is 0.481 e. The number of carbonyl (C=O) groups excluding carboxylic acids is 2. The maximum absolute atomic E-state index is 13.5. The maximum atomic E-state index is 13.5. The molecule has 1 amide bonds. The van der Waals surface area contributed by atoms with Crippen LogP contribution in [0.5, 0.6) is 5.75 Å². The molecule has 0 aromatic heterocycles. The van der Waals surface area contributed by atoms with Crippen LogP contribution in [0.1, 0.15) is 24.2 Å². The lowest BCUT2D eigenvalue weighted by atomic mass is 10.1. The number of hydrogen-bond donors (Lipinski definition) is 1. The number of rotatable bonds is 5. The van der Waals surface area contributed by atoms with Gasteiger partial charge in [-0.05, 0) is 50.2 Å². The van der Waals surface area contributed by atoms with Crippen molar-refractivity contribution in [1.82, 2.24) is 0 Å². The first-order valence-electron chi connectivity index (χ1n) is 7.01. The van der Waals surface area contributed by atoms with E-state index in [1.54, 1.807) is 0 Å². The molecule has 1 unspecified atom stereocenters. The summed E-state index contributed by atoms with van der Waals surface area (Å²) in [5, 5.41) is 2.13. The first-order valence-corrected chi connectivity index (χ1v) is 7.01. The first kappa shape index (κ1) is 17.5. The van der Waals surface area contributed by atoms with E-state index in [0.29, 0.717) is 17.4 Å². The zero-order valence-corrected chi connectivity index (χ0v) is 12.9. The molecule has 1 N–H and O–H groups in total. The van der Waals surface area contributed by atoms with Crippen LogP contribution in [0.15, 0.2) is 36.4 Å². The molecule has 2 rings (SSSR count). The number of hydrogen-bond acceptors (Lipinski definition) is 3. The van der Waals surface area contributed by atoms with Crippen LogP contribution in [0.25, 0.3) is 0 Å². The Morgan fingerprint density at radius 1 is 1.00 bits per heavy atom. The molecular formula is C17H14F3NO3.